The van der Waals surface area contributed by atoms with E-state index in [4.69, 9.17) is 14.2 Å². The summed E-state index contributed by atoms with van der Waals surface area (Å²) in [5, 5.41) is 9.81. The van der Waals surface area contributed by atoms with Crippen molar-refractivity contribution in [3.63, 3.8) is 0 Å². The summed E-state index contributed by atoms with van der Waals surface area (Å²) < 4.78 is 32.1. The van der Waals surface area contributed by atoms with Gasteiger partial charge in [0.1, 0.15) is 24.2 Å². The van der Waals surface area contributed by atoms with Gasteiger partial charge in [0.25, 0.3) is 5.91 Å². The highest BCUT2D eigenvalue weighted by Crippen LogP contribution is 2.28. The number of rotatable bonds is 10. The zero-order valence-electron chi connectivity index (χ0n) is 20.8. The number of ether oxygens (including phenoxy) is 3. The Kier molecular flexibility index (Phi) is 8.11. The molecular formula is C27H32N2O6S. The second-order valence-corrected chi connectivity index (χ2v) is 10.8. The predicted molar refractivity (Wildman–Crippen MR) is 138 cm³/mol. The maximum atomic E-state index is 11.9. The normalized spacial score (nSPS) is 19.8. The van der Waals surface area contributed by atoms with Gasteiger partial charge >= 0.3 is 0 Å². The lowest BCUT2D eigenvalue weighted by molar-refractivity contribution is -0.114. The van der Waals surface area contributed by atoms with Crippen molar-refractivity contribution in [1.29, 1.82) is 0 Å². The van der Waals surface area contributed by atoms with Crippen LogP contribution in [0.5, 0.6) is 17.4 Å². The highest BCUT2D eigenvalue weighted by atomic mass is 32.2. The molecule has 4 rings (SSSR count). The van der Waals surface area contributed by atoms with Gasteiger partial charge in [0.05, 0.1) is 22.8 Å². The third-order valence-electron chi connectivity index (χ3n) is 5.88. The van der Waals surface area contributed by atoms with Gasteiger partial charge in [-0.05, 0) is 75.4 Å². The molecule has 2 aliphatic rings. The van der Waals surface area contributed by atoms with Crippen molar-refractivity contribution < 1.29 is 28.3 Å². The third-order valence-corrected chi connectivity index (χ3v) is 7.02. The van der Waals surface area contributed by atoms with E-state index in [0.717, 1.165) is 36.3 Å². The Balaban J connectivity index is 1.30. The number of nitrogens with one attached hydrogen (secondary N) is 1. The van der Waals surface area contributed by atoms with Crippen molar-refractivity contribution >= 4 is 21.8 Å². The molecule has 2 unspecified atom stereocenters. The number of pyridine rings is 1. The van der Waals surface area contributed by atoms with E-state index in [2.05, 4.69) is 15.8 Å². The maximum absolute atomic E-state index is 11.9. The molecule has 0 spiro atoms. The van der Waals surface area contributed by atoms with Gasteiger partial charge in [0.15, 0.2) is 11.0 Å². The monoisotopic (exact) mass is 512 g/mol. The van der Waals surface area contributed by atoms with Crippen molar-refractivity contribution in [3.8, 4) is 17.4 Å². The average molecular weight is 513 g/mol. The molecule has 1 aromatic heterocycles. The molecule has 1 aliphatic heterocycles. The Morgan fingerprint density at radius 3 is 2.61 bits per heavy atom. The van der Waals surface area contributed by atoms with E-state index in [-0.39, 0.29) is 12.0 Å². The number of aryl methyl sites for hydroxylation is 1. The van der Waals surface area contributed by atoms with E-state index in [9.17, 15) is 14.1 Å². The first kappa shape index (κ1) is 25.9. The molecule has 2 atom stereocenters. The summed E-state index contributed by atoms with van der Waals surface area (Å²) in [7, 11) is -1.51. The lowest BCUT2D eigenvalue weighted by Crippen LogP contribution is -2.22. The molecule has 1 aliphatic carbocycles. The number of aromatic nitrogens is 1. The van der Waals surface area contributed by atoms with Crippen LogP contribution in [0.1, 0.15) is 50.8 Å². The summed E-state index contributed by atoms with van der Waals surface area (Å²) in [6.45, 7) is 6.24. The Bertz CT molecular complexity index is 1180. The first-order valence-corrected chi connectivity index (χ1v) is 13.2. The fourth-order valence-corrected chi connectivity index (χ4v) is 4.82. The van der Waals surface area contributed by atoms with Crippen LogP contribution in [0.25, 0.3) is 4.91 Å². The minimum absolute atomic E-state index is 0.0588. The molecule has 0 saturated carbocycles. The summed E-state index contributed by atoms with van der Waals surface area (Å²) in [5.41, 5.74) is 1.87. The van der Waals surface area contributed by atoms with Crippen LogP contribution in [0.3, 0.4) is 0 Å². The molecule has 9 heteroatoms. The zero-order valence-corrected chi connectivity index (χ0v) is 21.6. The van der Waals surface area contributed by atoms with E-state index in [1.807, 2.05) is 25.1 Å². The van der Waals surface area contributed by atoms with E-state index in [0.29, 0.717) is 36.2 Å². The molecule has 0 bridgehead atoms. The quantitative estimate of drug-likeness (QED) is 0.464. The van der Waals surface area contributed by atoms with Gasteiger partial charge in [-0.2, -0.15) is 0 Å². The summed E-state index contributed by atoms with van der Waals surface area (Å²) in [5.74, 6) is 1.59. The molecule has 1 amide bonds. The van der Waals surface area contributed by atoms with Gasteiger partial charge in [-0.15, -0.1) is 0 Å². The molecule has 192 valence electrons. The van der Waals surface area contributed by atoms with Gasteiger partial charge in [-0.1, -0.05) is 12.1 Å². The molecule has 8 nitrogen and oxygen atoms in total. The molecule has 0 radical (unpaired) electrons. The Hall–Kier alpha value is -3.17. The van der Waals surface area contributed by atoms with E-state index < -0.39 is 16.6 Å². The van der Waals surface area contributed by atoms with Crippen LogP contribution < -0.4 is 18.9 Å². The van der Waals surface area contributed by atoms with Crippen molar-refractivity contribution in [2.75, 3.05) is 13.2 Å². The zero-order chi connectivity index (χ0) is 25.7. The van der Waals surface area contributed by atoms with Crippen LogP contribution >= 0.6 is 0 Å². The van der Waals surface area contributed by atoms with Crippen LogP contribution in [0.2, 0.25) is 0 Å². The second-order valence-electron chi connectivity index (χ2n) is 9.57. The number of benzene rings is 1. The van der Waals surface area contributed by atoms with Crippen molar-refractivity contribution in [2.24, 2.45) is 0 Å². The molecule has 2 N–H and O–H groups in total. The SMILES string of the molecule is Cc1nc(OCCC(C)(C)O)ccc1OC1C=C(COc2ccc(C3=CC(=O)NS3=O)cc2)CCC1. The molecule has 2 aromatic rings. The average Bonchev–Trinajstić information content (AvgIpc) is 3.17. The van der Waals surface area contributed by atoms with Gasteiger partial charge < -0.3 is 19.3 Å². The van der Waals surface area contributed by atoms with Gasteiger partial charge in [-0.3, -0.25) is 9.52 Å². The number of carbonyl (C=O) groups is 1. The standard InChI is InChI=1S/C27H32N2O6S/c1-18-23(11-12-26(28-18)33-14-13-27(2,3)31)35-22-6-4-5-19(15-22)17-34-21-9-7-20(8-10-21)24-16-25(30)29-36(24)32/h7-12,15-16,22,31H,4-6,13-14,17H2,1-3H3,(H,29,30). The van der Waals surface area contributed by atoms with Crippen LogP contribution in [-0.4, -0.2) is 45.1 Å². The summed E-state index contributed by atoms with van der Waals surface area (Å²) in [4.78, 5) is 16.3. The van der Waals surface area contributed by atoms with Crippen LogP contribution in [-0.2, 0) is 15.8 Å². The fraction of sp³-hybridized carbons (Fsp3) is 0.407. The molecule has 0 saturated heterocycles. The topological polar surface area (TPSA) is 107 Å². The largest absolute Gasteiger partial charge is 0.489 e. The van der Waals surface area contributed by atoms with Crippen molar-refractivity contribution in [3.05, 3.63) is 65.4 Å². The van der Waals surface area contributed by atoms with Gasteiger partial charge in [0.2, 0.25) is 5.88 Å². The Morgan fingerprint density at radius 1 is 1.17 bits per heavy atom. The number of aliphatic hydroxyl groups is 1. The minimum Gasteiger partial charge on any atom is -0.489 e. The predicted octanol–water partition coefficient (Wildman–Crippen LogP) is 4.00. The highest BCUT2D eigenvalue weighted by molar-refractivity contribution is 7.93. The number of amides is 1. The molecule has 0 fully saturated rings. The van der Waals surface area contributed by atoms with Crippen LogP contribution in [0.15, 0.2) is 54.1 Å². The maximum Gasteiger partial charge on any atom is 0.257 e. The summed E-state index contributed by atoms with van der Waals surface area (Å²) in [6.07, 6.45) is 6.80. The highest BCUT2D eigenvalue weighted by Gasteiger charge is 2.21. The lowest BCUT2D eigenvalue weighted by Gasteiger charge is -2.23. The summed E-state index contributed by atoms with van der Waals surface area (Å²) >= 11 is 0. The van der Waals surface area contributed by atoms with Gasteiger partial charge in [-0.25, -0.2) is 9.19 Å². The first-order valence-electron chi connectivity index (χ1n) is 12.0. The first-order chi connectivity index (χ1) is 17.2. The number of carbonyl (C=O) groups excluding carboxylic acids is 1. The summed E-state index contributed by atoms with van der Waals surface area (Å²) in [6, 6.07) is 10.9. The molecule has 36 heavy (non-hydrogen) atoms. The smallest absolute Gasteiger partial charge is 0.257 e. The Morgan fingerprint density at radius 2 is 1.94 bits per heavy atom. The third kappa shape index (κ3) is 7.18. The molecule has 2 heterocycles. The van der Waals surface area contributed by atoms with E-state index in [1.165, 1.54) is 11.6 Å². The molecular weight excluding hydrogens is 480 g/mol. The number of hydrogen-bond acceptors (Lipinski definition) is 7. The number of nitrogens with zero attached hydrogens (tertiary/aromatic N) is 1. The van der Waals surface area contributed by atoms with E-state index in [1.54, 1.807) is 32.0 Å². The van der Waals surface area contributed by atoms with Crippen LogP contribution in [0.4, 0.5) is 0 Å². The fourth-order valence-electron chi connectivity index (χ4n) is 3.90. The van der Waals surface area contributed by atoms with Crippen molar-refractivity contribution in [2.45, 2.75) is 58.2 Å². The molecule has 1 aromatic carbocycles. The lowest BCUT2D eigenvalue weighted by atomic mass is 9.98. The van der Waals surface area contributed by atoms with Gasteiger partial charge in [0, 0.05) is 18.6 Å². The van der Waals surface area contributed by atoms with Crippen LogP contribution in [0, 0.1) is 6.92 Å². The van der Waals surface area contributed by atoms with E-state index >= 15 is 0 Å². The second kappa shape index (κ2) is 11.3. The Labute approximate surface area is 214 Å². The van der Waals surface area contributed by atoms with Crippen molar-refractivity contribution in [1.82, 2.24) is 9.71 Å². The number of hydrogen-bond donors (Lipinski definition) is 2. The minimum atomic E-state index is -1.51.